The third-order valence-corrected chi connectivity index (χ3v) is 3.98. The van der Waals surface area contributed by atoms with Crippen molar-refractivity contribution < 1.29 is 19.2 Å². The van der Waals surface area contributed by atoms with Crippen LogP contribution in [0.25, 0.3) is 0 Å². The molecule has 0 saturated heterocycles. The van der Waals surface area contributed by atoms with Crippen molar-refractivity contribution in [3.05, 3.63) is 39.7 Å². The second-order valence-electron chi connectivity index (χ2n) is 5.26. The molecular formula is C14H17FN2O4. The van der Waals surface area contributed by atoms with Crippen LogP contribution in [0.1, 0.15) is 29.6 Å². The summed E-state index contributed by atoms with van der Waals surface area (Å²) >= 11 is 0. The molecule has 2 N–H and O–H groups in total. The van der Waals surface area contributed by atoms with Crippen molar-refractivity contribution in [2.75, 3.05) is 13.2 Å². The second kappa shape index (κ2) is 6.62. The van der Waals surface area contributed by atoms with Gasteiger partial charge in [0, 0.05) is 25.3 Å². The number of nitrogens with one attached hydrogen (secondary N) is 1. The summed E-state index contributed by atoms with van der Waals surface area (Å²) < 4.78 is 13.6. The Hall–Kier alpha value is -2.02. The molecule has 1 aliphatic rings. The van der Waals surface area contributed by atoms with Crippen molar-refractivity contribution in [2.24, 2.45) is 11.8 Å². The average Bonchev–Trinajstić information content (AvgIpc) is 2.92. The standard InChI is InChI=1S/C14H17FN2O4/c15-13-5-4-11(17(20)21)6-12(13)14(19)16-7-9-2-1-3-10(9)8-18/h4-6,9-10,18H,1-3,7-8H2,(H,16,19). The van der Waals surface area contributed by atoms with E-state index in [0.717, 1.165) is 37.5 Å². The van der Waals surface area contributed by atoms with E-state index in [1.165, 1.54) is 0 Å². The molecule has 0 spiro atoms. The fourth-order valence-corrected chi connectivity index (χ4v) is 2.74. The molecule has 21 heavy (non-hydrogen) atoms. The highest BCUT2D eigenvalue weighted by atomic mass is 19.1. The molecule has 7 heteroatoms. The van der Waals surface area contributed by atoms with Gasteiger partial charge in [0.25, 0.3) is 11.6 Å². The number of halogens is 1. The third kappa shape index (κ3) is 3.55. The van der Waals surface area contributed by atoms with Gasteiger partial charge in [-0.2, -0.15) is 0 Å². The lowest BCUT2D eigenvalue weighted by Crippen LogP contribution is -2.32. The van der Waals surface area contributed by atoms with E-state index < -0.39 is 16.6 Å². The summed E-state index contributed by atoms with van der Waals surface area (Å²) in [5, 5.41) is 22.5. The molecule has 0 bridgehead atoms. The molecule has 0 aromatic heterocycles. The lowest BCUT2D eigenvalue weighted by atomic mass is 9.97. The highest BCUT2D eigenvalue weighted by Crippen LogP contribution is 2.30. The van der Waals surface area contributed by atoms with Crippen LogP contribution in [0.3, 0.4) is 0 Å². The molecule has 0 radical (unpaired) electrons. The first-order valence-electron chi connectivity index (χ1n) is 6.86. The lowest BCUT2D eigenvalue weighted by molar-refractivity contribution is -0.384. The number of aliphatic hydroxyl groups excluding tert-OH is 1. The van der Waals surface area contributed by atoms with Gasteiger partial charge in [-0.1, -0.05) is 6.42 Å². The van der Waals surface area contributed by atoms with Gasteiger partial charge in [0.15, 0.2) is 0 Å². The number of hydrogen-bond acceptors (Lipinski definition) is 4. The van der Waals surface area contributed by atoms with E-state index in [-0.39, 0.29) is 29.7 Å². The number of nitro groups is 1. The molecule has 1 aliphatic carbocycles. The van der Waals surface area contributed by atoms with Crippen molar-refractivity contribution in [3.63, 3.8) is 0 Å². The van der Waals surface area contributed by atoms with Gasteiger partial charge < -0.3 is 10.4 Å². The number of nitro benzene ring substituents is 1. The Morgan fingerprint density at radius 1 is 1.43 bits per heavy atom. The molecule has 0 aliphatic heterocycles. The number of non-ortho nitro benzene ring substituents is 1. The molecule has 1 fully saturated rings. The zero-order valence-electron chi connectivity index (χ0n) is 11.4. The van der Waals surface area contributed by atoms with E-state index in [0.29, 0.717) is 6.54 Å². The predicted octanol–water partition coefficient (Wildman–Crippen LogP) is 1.87. The topological polar surface area (TPSA) is 92.5 Å². The molecule has 6 nitrogen and oxygen atoms in total. The third-order valence-electron chi connectivity index (χ3n) is 3.98. The zero-order chi connectivity index (χ0) is 15.4. The Morgan fingerprint density at radius 2 is 2.14 bits per heavy atom. The lowest BCUT2D eigenvalue weighted by Gasteiger charge is -2.17. The van der Waals surface area contributed by atoms with Crippen LogP contribution in [-0.4, -0.2) is 29.1 Å². The Morgan fingerprint density at radius 3 is 2.81 bits per heavy atom. The number of aliphatic hydroxyl groups is 1. The van der Waals surface area contributed by atoms with Crippen molar-refractivity contribution in [1.82, 2.24) is 5.32 Å². The first-order valence-corrected chi connectivity index (χ1v) is 6.86. The van der Waals surface area contributed by atoms with E-state index in [2.05, 4.69) is 5.32 Å². The second-order valence-corrected chi connectivity index (χ2v) is 5.26. The summed E-state index contributed by atoms with van der Waals surface area (Å²) in [4.78, 5) is 21.9. The fraction of sp³-hybridized carbons (Fsp3) is 0.500. The maximum atomic E-state index is 13.6. The van der Waals surface area contributed by atoms with Crippen LogP contribution < -0.4 is 5.32 Å². The normalized spacial score (nSPS) is 21.2. The Bertz CT molecular complexity index is 550. The van der Waals surface area contributed by atoms with Gasteiger partial charge in [-0.05, 0) is 30.7 Å². The summed E-state index contributed by atoms with van der Waals surface area (Å²) in [6.07, 6.45) is 2.82. The number of carbonyl (C=O) groups excluding carboxylic acids is 1. The van der Waals surface area contributed by atoms with E-state index in [4.69, 9.17) is 0 Å². The number of amides is 1. The smallest absolute Gasteiger partial charge is 0.270 e. The minimum atomic E-state index is -0.789. The van der Waals surface area contributed by atoms with Crippen LogP contribution in [0.5, 0.6) is 0 Å². The fourth-order valence-electron chi connectivity index (χ4n) is 2.74. The molecule has 0 heterocycles. The summed E-state index contributed by atoms with van der Waals surface area (Å²) in [5.41, 5.74) is -0.654. The molecule has 2 rings (SSSR count). The maximum absolute atomic E-state index is 13.6. The minimum Gasteiger partial charge on any atom is -0.396 e. The largest absolute Gasteiger partial charge is 0.396 e. The molecule has 2 unspecified atom stereocenters. The monoisotopic (exact) mass is 296 g/mol. The van der Waals surface area contributed by atoms with E-state index >= 15 is 0 Å². The average molecular weight is 296 g/mol. The van der Waals surface area contributed by atoms with Crippen molar-refractivity contribution in [2.45, 2.75) is 19.3 Å². The molecule has 1 aromatic carbocycles. The van der Waals surface area contributed by atoms with Gasteiger partial charge in [-0.15, -0.1) is 0 Å². The van der Waals surface area contributed by atoms with Crippen molar-refractivity contribution >= 4 is 11.6 Å². The van der Waals surface area contributed by atoms with Gasteiger partial charge in [0.05, 0.1) is 10.5 Å². The minimum absolute atomic E-state index is 0.0751. The van der Waals surface area contributed by atoms with E-state index in [9.17, 15) is 24.4 Å². The highest BCUT2D eigenvalue weighted by molar-refractivity contribution is 5.95. The Kier molecular flexibility index (Phi) is 4.85. The number of rotatable bonds is 5. The van der Waals surface area contributed by atoms with Crippen LogP contribution in [0.15, 0.2) is 18.2 Å². The molecule has 1 amide bonds. The van der Waals surface area contributed by atoms with Gasteiger partial charge in [-0.25, -0.2) is 4.39 Å². The van der Waals surface area contributed by atoms with Crippen LogP contribution in [-0.2, 0) is 0 Å². The summed E-state index contributed by atoms with van der Waals surface area (Å²) in [6.45, 7) is 0.415. The molecular weight excluding hydrogens is 279 g/mol. The zero-order valence-corrected chi connectivity index (χ0v) is 11.4. The number of nitrogens with zero attached hydrogens (tertiary/aromatic N) is 1. The van der Waals surface area contributed by atoms with Gasteiger partial charge in [0.2, 0.25) is 0 Å². The SMILES string of the molecule is O=C(NCC1CCCC1CO)c1cc([N+](=O)[O-])ccc1F. The summed E-state index contributed by atoms with van der Waals surface area (Å²) in [5.74, 6) is -1.14. The van der Waals surface area contributed by atoms with E-state index in [1.807, 2.05) is 0 Å². The van der Waals surface area contributed by atoms with Crippen molar-refractivity contribution in [3.8, 4) is 0 Å². The quantitative estimate of drug-likeness (QED) is 0.641. The molecule has 2 atom stereocenters. The number of carbonyl (C=O) groups is 1. The Balaban J connectivity index is 2.03. The van der Waals surface area contributed by atoms with Crippen LogP contribution in [0, 0.1) is 27.8 Å². The summed E-state index contributed by atoms with van der Waals surface area (Å²) in [6, 6.07) is 2.87. The molecule has 1 aromatic rings. The predicted molar refractivity (Wildman–Crippen MR) is 73.3 cm³/mol. The first-order chi connectivity index (χ1) is 10.0. The Labute approximate surface area is 121 Å². The first kappa shape index (κ1) is 15.4. The van der Waals surface area contributed by atoms with Crippen LogP contribution >= 0.6 is 0 Å². The van der Waals surface area contributed by atoms with E-state index in [1.54, 1.807) is 0 Å². The molecule has 114 valence electrons. The summed E-state index contributed by atoms with van der Waals surface area (Å²) in [7, 11) is 0. The number of hydrogen-bond donors (Lipinski definition) is 2. The van der Waals surface area contributed by atoms with Gasteiger partial charge in [0.1, 0.15) is 5.82 Å². The van der Waals surface area contributed by atoms with Gasteiger partial charge >= 0.3 is 0 Å². The van der Waals surface area contributed by atoms with Gasteiger partial charge in [-0.3, -0.25) is 14.9 Å². The maximum Gasteiger partial charge on any atom is 0.270 e. The van der Waals surface area contributed by atoms with Crippen LogP contribution in [0.4, 0.5) is 10.1 Å². The number of benzene rings is 1. The molecule has 1 saturated carbocycles. The van der Waals surface area contributed by atoms with Crippen molar-refractivity contribution in [1.29, 1.82) is 0 Å². The van der Waals surface area contributed by atoms with Crippen LogP contribution in [0.2, 0.25) is 0 Å². The highest BCUT2D eigenvalue weighted by Gasteiger charge is 2.27.